The molecule has 3 rings (SSSR count). The Balaban J connectivity index is 1.78. The second-order valence-corrected chi connectivity index (χ2v) is 6.45. The van der Waals surface area contributed by atoms with Crippen molar-refractivity contribution in [1.29, 1.82) is 0 Å². The van der Waals surface area contributed by atoms with Gasteiger partial charge in [-0.15, -0.1) is 11.3 Å². The zero-order valence-electron chi connectivity index (χ0n) is 12.0. The van der Waals surface area contributed by atoms with Gasteiger partial charge in [0.2, 0.25) is 0 Å². The topological polar surface area (TPSA) is 39.1 Å². The van der Waals surface area contributed by atoms with Gasteiger partial charge in [-0.2, -0.15) is 0 Å². The molecule has 1 unspecified atom stereocenters. The minimum absolute atomic E-state index is 0.0284. The predicted molar refractivity (Wildman–Crippen MR) is 81.0 cm³/mol. The van der Waals surface area contributed by atoms with E-state index in [9.17, 15) is 0 Å². The SMILES string of the molecule is COC1(CNC(c2cccs2)c2nccn2C)CCC1. The van der Waals surface area contributed by atoms with Crippen LogP contribution in [0.2, 0.25) is 0 Å². The molecule has 0 spiro atoms. The lowest BCUT2D eigenvalue weighted by molar-refractivity contribution is -0.0704. The second kappa shape index (κ2) is 5.68. The fourth-order valence-electron chi connectivity index (χ4n) is 2.74. The first-order valence-corrected chi connectivity index (χ1v) is 7.91. The Morgan fingerprint density at radius 1 is 1.55 bits per heavy atom. The van der Waals surface area contributed by atoms with E-state index in [-0.39, 0.29) is 11.6 Å². The number of ether oxygens (including phenoxy) is 1. The van der Waals surface area contributed by atoms with Crippen LogP contribution in [-0.4, -0.2) is 28.8 Å². The second-order valence-electron chi connectivity index (χ2n) is 5.47. The molecule has 108 valence electrons. The van der Waals surface area contributed by atoms with Crippen molar-refractivity contribution < 1.29 is 4.74 Å². The summed E-state index contributed by atoms with van der Waals surface area (Å²) < 4.78 is 7.78. The Morgan fingerprint density at radius 3 is 2.90 bits per heavy atom. The van der Waals surface area contributed by atoms with E-state index in [1.165, 1.54) is 11.3 Å². The summed E-state index contributed by atoms with van der Waals surface area (Å²) in [6.45, 7) is 0.874. The van der Waals surface area contributed by atoms with Crippen LogP contribution in [0.3, 0.4) is 0 Å². The van der Waals surface area contributed by atoms with Gasteiger partial charge in [0.25, 0.3) is 0 Å². The number of hydrogen-bond acceptors (Lipinski definition) is 4. The fourth-order valence-corrected chi connectivity index (χ4v) is 3.54. The highest BCUT2D eigenvalue weighted by atomic mass is 32.1. The van der Waals surface area contributed by atoms with Crippen LogP contribution in [0, 0.1) is 0 Å². The Labute approximate surface area is 123 Å². The normalized spacial score (nSPS) is 18.7. The highest BCUT2D eigenvalue weighted by molar-refractivity contribution is 7.10. The van der Waals surface area contributed by atoms with Crippen LogP contribution in [0.1, 0.15) is 36.0 Å². The molecule has 0 amide bonds. The standard InChI is InChI=1S/C15H21N3OS/c1-18-9-8-16-14(18)13(12-5-3-10-20-12)17-11-15(19-2)6-4-7-15/h3,5,8-10,13,17H,4,6-7,11H2,1-2H3. The van der Waals surface area contributed by atoms with Gasteiger partial charge in [-0.1, -0.05) is 6.07 Å². The van der Waals surface area contributed by atoms with Gasteiger partial charge in [0.15, 0.2) is 0 Å². The van der Waals surface area contributed by atoms with Crippen LogP contribution in [0.25, 0.3) is 0 Å². The van der Waals surface area contributed by atoms with Crippen LogP contribution in [0.5, 0.6) is 0 Å². The van der Waals surface area contributed by atoms with E-state index in [1.54, 1.807) is 11.3 Å². The number of aryl methyl sites for hydroxylation is 1. The summed E-state index contributed by atoms with van der Waals surface area (Å²) in [4.78, 5) is 5.80. The van der Waals surface area contributed by atoms with Gasteiger partial charge in [0.05, 0.1) is 5.60 Å². The zero-order chi connectivity index (χ0) is 14.0. The number of methoxy groups -OCH3 is 1. The van der Waals surface area contributed by atoms with Gasteiger partial charge < -0.3 is 14.6 Å². The first kappa shape index (κ1) is 13.8. The monoisotopic (exact) mass is 291 g/mol. The third-order valence-corrected chi connectivity index (χ3v) is 5.21. The fraction of sp³-hybridized carbons (Fsp3) is 0.533. The van der Waals surface area contributed by atoms with Gasteiger partial charge >= 0.3 is 0 Å². The van der Waals surface area contributed by atoms with E-state index < -0.39 is 0 Å². The molecule has 1 aliphatic carbocycles. The summed E-state index contributed by atoms with van der Waals surface area (Å²) in [6, 6.07) is 4.40. The Morgan fingerprint density at radius 2 is 2.40 bits per heavy atom. The molecule has 5 heteroatoms. The van der Waals surface area contributed by atoms with Crippen molar-refractivity contribution >= 4 is 11.3 Å². The maximum atomic E-state index is 5.70. The number of imidazole rings is 1. The van der Waals surface area contributed by atoms with E-state index in [4.69, 9.17) is 4.74 Å². The Kier molecular flexibility index (Phi) is 3.92. The highest BCUT2D eigenvalue weighted by Gasteiger charge is 2.37. The molecule has 1 N–H and O–H groups in total. The molecule has 0 saturated heterocycles. The summed E-state index contributed by atoms with van der Waals surface area (Å²) >= 11 is 1.77. The van der Waals surface area contributed by atoms with E-state index in [1.807, 2.05) is 26.6 Å². The molecule has 4 nitrogen and oxygen atoms in total. The molecular formula is C15H21N3OS. The Bertz CT molecular complexity index is 540. The number of nitrogens with one attached hydrogen (secondary N) is 1. The summed E-state index contributed by atoms with van der Waals surface area (Å²) in [5, 5.41) is 5.77. The minimum Gasteiger partial charge on any atom is -0.377 e. The quantitative estimate of drug-likeness (QED) is 0.889. The van der Waals surface area contributed by atoms with Gasteiger partial charge in [-0.3, -0.25) is 0 Å². The van der Waals surface area contributed by atoms with Crippen molar-refractivity contribution in [1.82, 2.24) is 14.9 Å². The molecule has 2 heterocycles. The average molecular weight is 291 g/mol. The summed E-state index contributed by atoms with van der Waals surface area (Å²) in [5.41, 5.74) is 0.0284. The van der Waals surface area contributed by atoms with E-state index in [0.717, 1.165) is 25.2 Å². The van der Waals surface area contributed by atoms with Crippen LogP contribution in [0.15, 0.2) is 29.9 Å². The lowest BCUT2D eigenvalue weighted by atomic mass is 9.80. The third kappa shape index (κ3) is 2.53. The maximum Gasteiger partial charge on any atom is 0.131 e. The maximum absolute atomic E-state index is 5.70. The molecule has 1 saturated carbocycles. The van der Waals surface area contributed by atoms with Crippen molar-refractivity contribution in [3.63, 3.8) is 0 Å². The van der Waals surface area contributed by atoms with Crippen molar-refractivity contribution in [2.45, 2.75) is 30.9 Å². The third-order valence-electron chi connectivity index (χ3n) is 4.27. The molecule has 0 bridgehead atoms. The molecule has 1 atom stereocenters. The summed E-state index contributed by atoms with van der Waals surface area (Å²) in [6.07, 6.45) is 7.41. The first-order valence-electron chi connectivity index (χ1n) is 7.03. The number of rotatable bonds is 6. The van der Waals surface area contributed by atoms with Gasteiger partial charge in [0.1, 0.15) is 11.9 Å². The molecule has 1 fully saturated rings. The van der Waals surface area contributed by atoms with Crippen molar-refractivity contribution in [2.75, 3.05) is 13.7 Å². The van der Waals surface area contributed by atoms with Crippen LogP contribution in [0.4, 0.5) is 0 Å². The van der Waals surface area contributed by atoms with Gasteiger partial charge in [-0.25, -0.2) is 4.98 Å². The van der Waals surface area contributed by atoms with Gasteiger partial charge in [-0.05, 0) is 30.7 Å². The van der Waals surface area contributed by atoms with Crippen LogP contribution < -0.4 is 5.32 Å². The van der Waals surface area contributed by atoms with E-state index >= 15 is 0 Å². The molecule has 0 radical (unpaired) electrons. The lowest BCUT2D eigenvalue weighted by Gasteiger charge is -2.41. The highest BCUT2D eigenvalue weighted by Crippen LogP contribution is 2.35. The first-order chi connectivity index (χ1) is 9.74. The number of nitrogens with zero attached hydrogens (tertiary/aromatic N) is 2. The predicted octanol–water partition coefficient (Wildman–Crippen LogP) is 2.73. The lowest BCUT2D eigenvalue weighted by Crippen LogP contribution is -2.49. The van der Waals surface area contributed by atoms with Crippen LogP contribution >= 0.6 is 11.3 Å². The Hall–Kier alpha value is -1.17. The molecule has 2 aromatic heterocycles. The summed E-state index contributed by atoms with van der Waals surface area (Å²) in [7, 11) is 3.86. The minimum atomic E-state index is 0.0284. The average Bonchev–Trinajstić information content (AvgIpc) is 3.05. The zero-order valence-corrected chi connectivity index (χ0v) is 12.8. The molecule has 0 aromatic carbocycles. The molecular weight excluding hydrogens is 270 g/mol. The van der Waals surface area contributed by atoms with E-state index in [2.05, 4.69) is 32.4 Å². The molecule has 20 heavy (non-hydrogen) atoms. The van der Waals surface area contributed by atoms with Gasteiger partial charge in [0, 0.05) is 38.0 Å². The van der Waals surface area contributed by atoms with Crippen molar-refractivity contribution in [3.05, 3.63) is 40.6 Å². The van der Waals surface area contributed by atoms with Crippen LogP contribution in [-0.2, 0) is 11.8 Å². The van der Waals surface area contributed by atoms with Crippen molar-refractivity contribution in [3.8, 4) is 0 Å². The molecule has 0 aliphatic heterocycles. The summed E-state index contributed by atoms with van der Waals surface area (Å²) in [5.74, 6) is 1.05. The smallest absolute Gasteiger partial charge is 0.131 e. The molecule has 1 aliphatic rings. The number of thiophene rings is 1. The number of aromatic nitrogens is 2. The van der Waals surface area contributed by atoms with E-state index in [0.29, 0.717) is 0 Å². The van der Waals surface area contributed by atoms with Crippen molar-refractivity contribution in [2.24, 2.45) is 7.05 Å². The molecule has 2 aromatic rings. The largest absolute Gasteiger partial charge is 0.377 e. The number of hydrogen-bond donors (Lipinski definition) is 1.